The number of carbonyl (C=O) groups is 3. The number of hydrogen-bond acceptors (Lipinski definition) is 6. The summed E-state index contributed by atoms with van der Waals surface area (Å²) in [5, 5.41) is 14.0. The van der Waals surface area contributed by atoms with Crippen molar-refractivity contribution in [3.63, 3.8) is 0 Å². The first-order chi connectivity index (χ1) is 14.9. The normalized spacial score (nSPS) is 15.5. The van der Waals surface area contributed by atoms with Gasteiger partial charge in [-0.3, -0.25) is 14.4 Å². The van der Waals surface area contributed by atoms with E-state index in [9.17, 15) is 19.5 Å². The first-order valence-corrected chi connectivity index (χ1v) is 10.1. The van der Waals surface area contributed by atoms with Gasteiger partial charge in [-0.05, 0) is 57.4 Å². The fourth-order valence-electron chi connectivity index (χ4n) is 3.81. The van der Waals surface area contributed by atoms with Crippen LogP contribution in [0.2, 0.25) is 0 Å². The van der Waals surface area contributed by atoms with Gasteiger partial charge < -0.3 is 15.3 Å². The SMILES string of the molecule is CN(C)CCCNC(=O)c1ccc2c(c1)C(=O)C(c1nc3ccccc3cc1O)C2=O. The highest BCUT2D eigenvalue weighted by molar-refractivity contribution is 6.30. The fourth-order valence-corrected chi connectivity index (χ4v) is 3.81. The van der Waals surface area contributed by atoms with Crippen LogP contribution in [0.25, 0.3) is 10.9 Å². The average Bonchev–Trinajstić information content (AvgIpc) is 3.00. The molecule has 31 heavy (non-hydrogen) atoms. The second-order valence-corrected chi connectivity index (χ2v) is 7.92. The van der Waals surface area contributed by atoms with Crippen LogP contribution in [0, 0.1) is 0 Å². The minimum atomic E-state index is -1.21. The van der Waals surface area contributed by atoms with Crippen molar-refractivity contribution in [1.29, 1.82) is 0 Å². The number of Topliss-reactive ketones (excluding diaryl/α,β-unsaturated/α-hetero) is 2. The Morgan fingerprint density at radius 2 is 1.81 bits per heavy atom. The highest BCUT2D eigenvalue weighted by Gasteiger charge is 2.42. The number of para-hydroxylation sites is 1. The molecule has 0 saturated heterocycles. The maximum Gasteiger partial charge on any atom is 0.251 e. The molecule has 1 aliphatic rings. The third-order valence-corrected chi connectivity index (χ3v) is 5.41. The second kappa shape index (κ2) is 8.28. The summed E-state index contributed by atoms with van der Waals surface area (Å²) in [6.45, 7) is 1.36. The average molecular weight is 417 g/mol. The highest BCUT2D eigenvalue weighted by Crippen LogP contribution is 2.38. The molecule has 1 aromatic heterocycles. The molecular weight excluding hydrogens is 394 g/mol. The van der Waals surface area contributed by atoms with Crippen molar-refractivity contribution >= 4 is 28.4 Å². The van der Waals surface area contributed by atoms with E-state index in [1.165, 1.54) is 18.2 Å². The van der Waals surface area contributed by atoms with Gasteiger partial charge in [0.05, 0.1) is 5.52 Å². The Hall–Kier alpha value is -3.58. The zero-order chi connectivity index (χ0) is 22.1. The van der Waals surface area contributed by atoms with E-state index in [2.05, 4.69) is 10.3 Å². The number of ketones is 2. The van der Waals surface area contributed by atoms with Gasteiger partial charge in [0.25, 0.3) is 5.91 Å². The third kappa shape index (κ3) is 3.92. The molecule has 1 aliphatic carbocycles. The van der Waals surface area contributed by atoms with Crippen LogP contribution in [-0.2, 0) is 0 Å². The number of pyridine rings is 1. The van der Waals surface area contributed by atoms with Crippen molar-refractivity contribution in [2.45, 2.75) is 12.3 Å². The fraction of sp³-hybridized carbons (Fsp3) is 0.250. The first-order valence-electron chi connectivity index (χ1n) is 10.1. The summed E-state index contributed by atoms with van der Waals surface area (Å²) in [4.78, 5) is 44.9. The van der Waals surface area contributed by atoms with Gasteiger partial charge >= 0.3 is 0 Å². The molecule has 0 aliphatic heterocycles. The van der Waals surface area contributed by atoms with E-state index < -0.39 is 17.5 Å². The summed E-state index contributed by atoms with van der Waals surface area (Å²) in [6, 6.07) is 13.2. The van der Waals surface area contributed by atoms with Gasteiger partial charge in [0, 0.05) is 28.6 Å². The van der Waals surface area contributed by atoms with E-state index >= 15 is 0 Å². The van der Waals surface area contributed by atoms with Gasteiger partial charge in [0.2, 0.25) is 0 Å². The standard InChI is InChI=1S/C24H23N3O4/c1-27(2)11-5-10-25-24(31)15-8-9-16-17(12-15)23(30)20(22(16)29)21-19(28)13-14-6-3-4-7-18(14)26-21/h3-4,6-9,12-13,20,28H,5,10-11H2,1-2H3,(H,25,31). The number of fused-ring (bicyclic) bond motifs is 2. The van der Waals surface area contributed by atoms with Crippen molar-refractivity contribution in [3.05, 3.63) is 70.9 Å². The lowest BCUT2D eigenvalue weighted by Crippen LogP contribution is -2.27. The number of nitrogens with one attached hydrogen (secondary N) is 1. The Balaban J connectivity index is 1.60. The predicted molar refractivity (Wildman–Crippen MR) is 117 cm³/mol. The van der Waals surface area contributed by atoms with Crippen LogP contribution < -0.4 is 5.32 Å². The lowest BCUT2D eigenvalue weighted by atomic mass is 9.97. The minimum Gasteiger partial charge on any atom is -0.506 e. The van der Waals surface area contributed by atoms with Crippen molar-refractivity contribution in [1.82, 2.24) is 15.2 Å². The van der Waals surface area contributed by atoms with Gasteiger partial charge in [-0.1, -0.05) is 18.2 Å². The van der Waals surface area contributed by atoms with Gasteiger partial charge in [-0.15, -0.1) is 0 Å². The van der Waals surface area contributed by atoms with Crippen molar-refractivity contribution in [2.75, 3.05) is 27.2 Å². The van der Waals surface area contributed by atoms with Crippen LogP contribution in [-0.4, -0.2) is 59.6 Å². The van der Waals surface area contributed by atoms with E-state index in [-0.39, 0.29) is 28.5 Å². The van der Waals surface area contributed by atoms with E-state index in [1.54, 1.807) is 24.3 Å². The molecule has 0 spiro atoms. The van der Waals surface area contributed by atoms with E-state index in [1.807, 2.05) is 25.1 Å². The molecule has 2 N–H and O–H groups in total. The lowest BCUT2D eigenvalue weighted by molar-refractivity contribution is 0.0885. The molecule has 0 bridgehead atoms. The number of nitrogens with zero attached hydrogens (tertiary/aromatic N) is 2. The Kier molecular flexibility index (Phi) is 5.52. The molecule has 4 rings (SSSR count). The molecule has 2 aromatic carbocycles. The van der Waals surface area contributed by atoms with Crippen LogP contribution in [0.15, 0.2) is 48.5 Å². The largest absolute Gasteiger partial charge is 0.506 e. The van der Waals surface area contributed by atoms with Crippen molar-refractivity contribution < 1.29 is 19.5 Å². The zero-order valence-corrected chi connectivity index (χ0v) is 17.4. The van der Waals surface area contributed by atoms with Crippen LogP contribution in [0.4, 0.5) is 0 Å². The molecule has 7 nitrogen and oxygen atoms in total. The lowest BCUT2D eigenvalue weighted by Gasteiger charge is -2.10. The Morgan fingerprint density at radius 3 is 2.58 bits per heavy atom. The van der Waals surface area contributed by atoms with Crippen LogP contribution in [0.3, 0.4) is 0 Å². The number of rotatable bonds is 6. The molecular formula is C24H23N3O4. The second-order valence-electron chi connectivity index (χ2n) is 7.92. The molecule has 1 heterocycles. The van der Waals surface area contributed by atoms with Gasteiger partial charge in [-0.25, -0.2) is 4.98 Å². The molecule has 7 heteroatoms. The molecule has 1 unspecified atom stereocenters. The first kappa shape index (κ1) is 20.7. The van der Waals surface area contributed by atoms with E-state index in [0.717, 1.165) is 13.0 Å². The number of amides is 1. The van der Waals surface area contributed by atoms with Crippen LogP contribution in [0.5, 0.6) is 5.75 Å². The molecule has 158 valence electrons. The molecule has 3 aromatic rings. The van der Waals surface area contributed by atoms with E-state index in [4.69, 9.17) is 0 Å². The summed E-state index contributed by atoms with van der Waals surface area (Å²) in [6.07, 6.45) is 0.802. The molecule has 0 fully saturated rings. The number of benzene rings is 2. The smallest absolute Gasteiger partial charge is 0.251 e. The third-order valence-electron chi connectivity index (χ3n) is 5.41. The highest BCUT2D eigenvalue weighted by atomic mass is 16.3. The van der Waals surface area contributed by atoms with Gasteiger partial charge in [-0.2, -0.15) is 0 Å². The number of aromatic hydroxyl groups is 1. The maximum atomic E-state index is 13.1. The maximum absolute atomic E-state index is 13.1. The number of carbonyl (C=O) groups excluding carboxylic acids is 3. The molecule has 1 amide bonds. The monoisotopic (exact) mass is 417 g/mol. The number of hydrogen-bond donors (Lipinski definition) is 2. The quantitative estimate of drug-likeness (QED) is 0.473. The molecule has 0 radical (unpaired) electrons. The van der Waals surface area contributed by atoms with Crippen molar-refractivity contribution in [3.8, 4) is 5.75 Å². The summed E-state index contributed by atoms with van der Waals surface area (Å²) >= 11 is 0. The summed E-state index contributed by atoms with van der Waals surface area (Å²) in [5.41, 5.74) is 1.38. The van der Waals surface area contributed by atoms with Crippen molar-refractivity contribution in [2.24, 2.45) is 0 Å². The number of aromatic nitrogens is 1. The minimum absolute atomic E-state index is 0.0413. The van der Waals surface area contributed by atoms with E-state index in [0.29, 0.717) is 23.0 Å². The Bertz CT molecular complexity index is 1200. The molecule has 1 atom stereocenters. The summed E-state index contributed by atoms with van der Waals surface area (Å²) < 4.78 is 0. The zero-order valence-electron chi connectivity index (χ0n) is 17.4. The van der Waals surface area contributed by atoms with Gasteiger partial charge in [0.1, 0.15) is 17.4 Å². The summed E-state index contributed by atoms with van der Waals surface area (Å²) in [5.74, 6) is -2.58. The Morgan fingerprint density at radius 1 is 1.06 bits per heavy atom. The molecule has 0 saturated carbocycles. The predicted octanol–water partition coefficient (Wildman–Crippen LogP) is 2.78. The Labute approximate surface area is 179 Å². The summed E-state index contributed by atoms with van der Waals surface area (Å²) in [7, 11) is 3.92. The topological polar surface area (TPSA) is 99.6 Å². The van der Waals surface area contributed by atoms with Crippen LogP contribution >= 0.6 is 0 Å². The van der Waals surface area contributed by atoms with Gasteiger partial charge in [0.15, 0.2) is 11.6 Å². The van der Waals surface area contributed by atoms with Crippen LogP contribution in [0.1, 0.15) is 49.1 Å².